The monoisotopic (exact) mass is 257 g/mol. The fourth-order valence-corrected chi connectivity index (χ4v) is 2.27. The first-order chi connectivity index (χ1) is 8.47. The molecule has 0 aliphatic heterocycles. The van der Waals surface area contributed by atoms with Crippen LogP contribution in [0.2, 0.25) is 0 Å². The molecule has 1 saturated carbocycles. The summed E-state index contributed by atoms with van der Waals surface area (Å²) in [7, 11) is 0. The number of rotatable bonds is 9. The fourth-order valence-electron chi connectivity index (χ4n) is 2.27. The first kappa shape index (κ1) is 15.9. The topological polar surface area (TPSA) is 30.5 Å². The Morgan fingerprint density at radius 1 is 1.11 bits per heavy atom. The summed E-state index contributed by atoms with van der Waals surface area (Å²) in [5.74, 6) is 0. The Balaban J connectivity index is 2.13. The number of hydrogen-bond donors (Lipinski definition) is 1. The van der Waals surface area contributed by atoms with Crippen molar-refractivity contribution >= 4 is 0 Å². The van der Waals surface area contributed by atoms with E-state index in [2.05, 4.69) is 33.0 Å². The van der Waals surface area contributed by atoms with E-state index in [-0.39, 0.29) is 11.1 Å². The van der Waals surface area contributed by atoms with Crippen molar-refractivity contribution in [2.45, 2.75) is 70.9 Å². The van der Waals surface area contributed by atoms with Gasteiger partial charge in [0.1, 0.15) is 0 Å². The lowest BCUT2D eigenvalue weighted by molar-refractivity contribution is -0.118. The highest BCUT2D eigenvalue weighted by Crippen LogP contribution is 2.38. The molecule has 0 heterocycles. The van der Waals surface area contributed by atoms with E-state index >= 15 is 0 Å². The maximum Gasteiger partial charge on any atom is 0.0708 e. The molecule has 0 spiro atoms. The van der Waals surface area contributed by atoms with Crippen molar-refractivity contribution in [1.29, 1.82) is 0 Å². The quantitative estimate of drug-likeness (QED) is 0.644. The van der Waals surface area contributed by atoms with E-state index in [0.717, 1.165) is 39.2 Å². The molecule has 0 unspecified atom stereocenters. The molecule has 0 aromatic rings. The van der Waals surface area contributed by atoms with Gasteiger partial charge < -0.3 is 14.8 Å². The number of hydrogen-bond acceptors (Lipinski definition) is 3. The smallest absolute Gasteiger partial charge is 0.0708 e. The van der Waals surface area contributed by atoms with E-state index in [1.165, 1.54) is 19.3 Å². The maximum atomic E-state index is 6.06. The zero-order chi connectivity index (χ0) is 13.5. The van der Waals surface area contributed by atoms with Gasteiger partial charge >= 0.3 is 0 Å². The van der Waals surface area contributed by atoms with E-state index in [1.807, 2.05) is 0 Å². The van der Waals surface area contributed by atoms with E-state index in [9.17, 15) is 0 Å². The minimum absolute atomic E-state index is 0.147. The van der Waals surface area contributed by atoms with Crippen LogP contribution in [0.15, 0.2) is 0 Å². The van der Waals surface area contributed by atoms with Gasteiger partial charge in [0, 0.05) is 12.1 Å². The largest absolute Gasteiger partial charge is 0.379 e. The molecule has 0 amide bonds. The second kappa shape index (κ2) is 7.46. The molecular weight excluding hydrogens is 226 g/mol. The molecular formula is C15H31NO2. The van der Waals surface area contributed by atoms with Gasteiger partial charge in [-0.15, -0.1) is 0 Å². The van der Waals surface area contributed by atoms with Crippen LogP contribution in [0.1, 0.15) is 59.8 Å². The SMILES string of the molecule is CCCOCCOC1(CCNC(C)(C)C)CCC1. The van der Waals surface area contributed by atoms with Crippen LogP contribution in [0.5, 0.6) is 0 Å². The summed E-state index contributed by atoms with van der Waals surface area (Å²) in [6.45, 7) is 12.1. The van der Waals surface area contributed by atoms with Crippen molar-refractivity contribution in [1.82, 2.24) is 5.32 Å². The molecule has 1 N–H and O–H groups in total. The van der Waals surface area contributed by atoms with Crippen LogP contribution >= 0.6 is 0 Å². The molecule has 1 aliphatic rings. The third kappa shape index (κ3) is 6.17. The van der Waals surface area contributed by atoms with Crippen molar-refractivity contribution in [3.8, 4) is 0 Å². The summed E-state index contributed by atoms with van der Waals surface area (Å²) < 4.78 is 11.5. The van der Waals surface area contributed by atoms with E-state index < -0.39 is 0 Å². The van der Waals surface area contributed by atoms with Crippen LogP contribution in [0, 0.1) is 0 Å². The minimum atomic E-state index is 0.147. The highest BCUT2D eigenvalue weighted by Gasteiger charge is 2.37. The molecule has 18 heavy (non-hydrogen) atoms. The molecule has 0 aromatic heterocycles. The predicted molar refractivity (Wildman–Crippen MR) is 76.0 cm³/mol. The third-order valence-electron chi connectivity index (χ3n) is 3.49. The van der Waals surface area contributed by atoms with Crippen LogP contribution in [-0.4, -0.2) is 37.5 Å². The Kier molecular flexibility index (Phi) is 6.61. The van der Waals surface area contributed by atoms with Gasteiger partial charge in [-0.25, -0.2) is 0 Å². The summed E-state index contributed by atoms with van der Waals surface area (Å²) in [6, 6.07) is 0. The van der Waals surface area contributed by atoms with Crippen molar-refractivity contribution in [3.63, 3.8) is 0 Å². The second-order valence-corrected chi connectivity index (χ2v) is 6.42. The van der Waals surface area contributed by atoms with Crippen LogP contribution in [-0.2, 0) is 9.47 Å². The van der Waals surface area contributed by atoms with Gasteiger partial charge in [-0.1, -0.05) is 6.92 Å². The first-order valence-electron chi connectivity index (χ1n) is 7.44. The molecule has 0 bridgehead atoms. The first-order valence-corrected chi connectivity index (χ1v) is 7.44. The summed E-state index contributed by atoms with van der Waals surface area (Å²) in [5.41, 5.74) is 0.350. The van der Waals surface area contributed by atoms with Crippen molar-refractivity contribution in [2.75, 3.05) is 26.4 Å². The van der Waals surface area contributed by atoms with Gasteiger partial charge in [-0.05, 0) is 59.4 Å². The number of nitrogens with one attached hydrogen (secondary N) is 1. The second-order valence-electron chi connectivity index (χ2n) is 6.42. The average molecular weight is 257 g/mol. The van der Waals surface area contributed by atoms with Gasteiger partial charge in [0.25, 0.3) is 0 Å². The lowest BCUT2D eigenvalue weighted by Crippen LogP contribution is -2.46. The Morgan fingerprint density at radius 3 is 2.33 bits per heavy atom. The normalized spacial score (nSPS) is 18.7. The molecule has 3 nitrogen and oxygen atoms in total. The minimum Gasteiger partial charge on any atom is -0.379 e. The van der Waals surface area contributed by atoms with Gasteiger partial charge in [0.2, 0.25) is 0 Å². The Labute approximate surface area is 113 Å². The molecule has 0 atom stereocenters. The predicted octanol–water partition coefficient (Wildman–Crippen LogP) is 3.13. The Hall–Kier alpha value is -0.120. The third-order valence-corrected chi connectivity index (χ3v) is 3.49. The van der Waals surface area contributed by atoms with E-state index in [0.29, 0.717) is 0 Å². The standard InChI is InChI=1S/C15H31NO2/c1-5-11-17-12-13-18-15(7-6-8-15)9-10-16-14(2,3)4/h16H,5-13H2,1-4H3. The summed E-state index contributed by atoms with van der Waals surface area (Å²) in [6.07, 6.45) is 5.95. The lowest BCUT2D eigenvalue weighted by Gasteiger charge is -2.42. The maximum absolute atomic E-state index is 6.06. The van der Waals surface area contributed by atoms with E-state index in [1.54, 1.807) is 0 Å². The lowest BCUT2D eigenvalue weighted by atomic mass is 9.77. The molecule has 0 radical (unpaired) electrons. The Morgan fingerprint density at radius 2 is 1.83 bits per heavy atom. The summed E-state index contributed by atoms with van der Waals surface area (Å²) in [4.78, 5) is 0. The van der Waals surface area contributed by atoms with Gasteiger partial charge in [-0.2, -0.15) is 0 Å². The van der Waals surface area contributed by atoms with Crippen LogP contribution < -0.4 is 5.32 Å². The summed E-state index contributed by atoms with van der Waals surface area (Å²) in [5, 5.41) is 3.55. The van der Waals surface area contributed by atoms with Gasteiger partial charge in [0.15, 0.2) is 0 Å². The Bertz CT molecular complexity index is 219. The number of ether oxygens (including phenoxy) is 2. The summed E-state index contributed by atoms with van der Waals surface area (Å²) >= 11 is 0. The molecule has 1 rings (SSSR count). The highest BCUT2D eigenvalue weighted by molar-refractivity contribution is 4.91. The molecule has 3 heteroatoms. The van der Waals surface area contributed by atoms with Gasteiger partial charge in [0.05, 0.1) is 18.8 Å². The molecule has 1 aliphatic carbocycles. The molecule has 108 valence electrons. The highest BCUT2D eigenvalue weighted by atomic mass is 16.5. The zero-order valence-corrected chi connectivity index (χ0v) is 12.7. The zero-order valence-electron chi connectivity index (χ0n) is 12.7. The van der Waals surface area contributed by atoms with Crippen molar-refractivity contribution in [3.05, 3.63) is 0 Å². The van der Waals surface area contributed by atoms with Crippen LogP contribution in [0.25, 0.3) is 0 Å². The van der Waals surface area contributed by atoms with Crippen molar-refractivity contribution < 1.29 is 9.47 Å². The van der Waals surface area contributed by atoms with Crippen molar-refractivity contribution in [2.24, 2.45) is 0 Å². The molecule has 0 aromatic carbocycles. The molecule has 0 saturated heterocycles. The van der Waals surface area contributed by atoms with E-state index in [4.69, 9.17) is 9.47 Å². The average Bonchev–Trinajstić information content (AvgIpc) is 2.22. The molecule has 1 fully saturated rings. The van der Waals surface area contributed by atoms with Gasteiger partial charge in [-0.3, -0.25) is 0 Å². The van der Waals surface area contributed by atoms with Crippen LogP contribution in [0.4, 0.5) is 0 Å². The fraction of sp³-hybridized carbons (Fsp3) is 1.00. The van der Waals surface area contributed by atoms with Crippen LogP contribution in [0.3, 0.4) is 0 Å².